The molecule has 19 heavy (non-hydrogen) atoms. The average molecular weight is 271 g/mol. The summed E-state index contributed by atoms with van der Waals surface area (Å²) in [4.78, 5) is 13.6. The third-order valence-electron chi connectivity index (χ3n) is 3.95. The van der Waals surface area contributed by atoms with Crippen molar-refractivity contribution in [1.29, 1.82) is 0 Å². The van der Waals surface area contributed by atoms with Crippen LogP contribution in [0, 0.1) is 0 Å². The van der Waals surface area contributed by atoms with Crippen LogP contribution in [-0.2, 0) is 14.3 Å². The number of esters is 1. The van der Waals surface area contributed by atoms with Gasteiger partial charge in [-0.2, -0.15) is 0 Å². The molecule has 1 unspecified atom stereocenters. The van der Waals surface area contributed by atoms with Crippen molar-refractivity contribution in [3.8, 4) is 0 Å². The van der Waals surface area contributed by atoms with Crippen molar-refractivity contribution in [3.63, 3.8) is 0 Å². The van der Waals surface area contributed by atoms with E-state index >= 15 is 0 Å². The molecule has 0 bridgehead atoms. The average Bonchev–Trinajstić information content (AvgIpc) is 2.89. The van der Waals surface area contributed by atoms with Crippen LogP contribution in [0.3, 0.4) is 0 Å². The molecule has 1 saturated heterocycles. The van der Waals surface area contributed by atoms with Crippen LogP contribution in [0.2, 0.25) is 0 Å². The van der Waals surface area contributed by atoms with E-state index in [1.807, 2.05) is 0 Å². The summed E-state index contributed by atoms with van der Waals surface area (Å²) >= 11 is 0. The Morgan fingerprint density at radius 1 is 1.47 bits per heavy atom. The molecular weight excluding hydrogens is 242 g/mol. The monoisotopic (exact) mass is 271 g/mol. The van der Waals surface area contributed by atoms with Gasteiger partial charge in [0.2, 0.25) is 0 Å². The summed E-state index contributed by atoms with van der Waals surface area (Å²) in [5, 5.41) is 0. The van der Waals surface area contributed by atoms with Crippen LogP contribution in [0.5, 0.6) is 0 Å². The van der Waals surface area contributed by atoms with Gasteiger partial charge in [0.15, 0.2) is 0 Å². The predicted octanol–water partition coefficient (Wildman–Crippen LogP) is 2.61. The molecule has 0 aromatic heterocycles. The number of carbonyl (C=O) groups is 1. The highest BCUT2D eigenvalue weighted by Crippen LogP contribution is 2.22. The highest BCUT2D eigenvalue weighted by atomic mass is 16.5. The van der Waals surface area contributed by atoms with Crippen molar-refractivity contribution in [2.45, 2.75) is 64.5 Å². The van der Waals surface area contributed by atoms with Gasteiger partial charge in [-0.1, -0.05) is 19.8 Å². The molecule has 0 aromatic carbocycles. The summed E-state index contributed by atoms with van der Waals surface area (Å²) in [6, 6.07) is 1.18. The zero-order valence-electron chi connectivity index (χ0n) is 12.7. The van der Waals surface area contributed by atoms with Crippen LogP contribution in [0.25, 0.3) is 0 Å². The summed E-state index contributed by atoms with van der Waals surface area (Å²) < 4.78 is 10.2. The maximum atomic E-state index is 11.0. The first-order chi connectivity index (χ1) is 9.19. The number of ether oxygens (including phenoxy) is 2. The molecule has 112 valence electrons. The second-order valence-electron chi connectivity index (χ2n) is 5.43. The third kappa shape index (κ3) is 5.91. The molecule has 1 heterocycles. The Kier molecular flexibility index (Phi) is 8.07. The van der Waals surface area contributed by atoms with Gasteiger partial charge in [-0.15, -0.1) is 0 Å². The molecule has 0 aromatic rings. The number of carbonyl (C=O) groups excluding carboxylic acids is 1. The number of hydrogen-bond acceptors (Lipinski definition) is 4. The summed E-state index contributed by atoms with van der Waals surface area (Å²) in [7, 11) is 1.41. The van der Waals surface area contributed by atoms with E-state index in [2.05, 4.69) is 23.5 Å². The number of nitrogens with zero attached hydrogens (tertiary/aromatic N) is 1. The van der Waals surface area contributed by atoms with Gasteiger partial charge in [0.1, 0.15) is 0 Å². The van der Waals surface area contributed by atoms with Crippen LogP contribution >= 0.6 is 0 Å². The van der Waals surface area contributed by atoms with Crippen LogP contribution in [0.4, 0.5) is 0 Å². The van der Waals surface area contributed by atoms with E-state index in [0.29, 0.717) is 25.1 Å². The molecule has 0 aliphatic carbocycles. The number of hydrogen-bond donors (Lipinski definition) is 0. The summed E-state index contributed by atoms with van der Waals surface area (Å²) in [6.45, 7) is 6.97. The largest absolute Gasteiger partial charge is 0.469 e. The molecule has 1 fully saturated rings. The maximum Gasteiger partial charge on any atom is 0.307 e. The SMILES string of the molecule is CCCCC(C)N1CCC[C@H]1COCCC(=O)OC. The molecule has 0 spiro atoms. The van der Waals surface area contributed by atoms with E-state index in [0.717, 1.165) is 6.61 Å². The van der Waals surface area contributed by atoms with Gasteiger partial charge in [-0.25, -0.2) is 0 Å². The second-order valence-corrected chi connectivity index (χ2v) is 5.43. The second kappa shape index (κ2) is 9.32. The molecule has 4 heteroatoms. The lowest BCUT2D eigenvalue weighted by molar-refractivity contribution is -0.141. The standard InChI is InChI=1S/C15H29NO3/c1-4-5-7-13(2)16-10-6-8-14(16)12-19-11-9-15(17)18-3/h13-14H,4-12H2,1-3H3/t13?,14-/m0/s1. The minimum atomic E-state index is -0.195. The maximum absolute atomic E-state index is 11.0. The highest BCUT2D eigenvalue weighted by molar-refractivity contribution is 5.69. The van der Waals surface area contributed by atoms with Gasteiger partial charge < -0.3 is 9.47 Å². The van der Waals surface area contributed by atoms with E-state index in [-0.39, 0.29) is 5.97 Å². The molecule has 4 nitrogen and oxygen atoms in total. The molecule has 0 amide bonds. The fourth-order valence-corrected chi connectivity index (χ4v) is 2.76. The smallest absolute Gasteiger partial charge is 0.307 e. The zero-order chi connectivity index (χ0) is 14.1. The zero-order valence-corrected chi connectivity index (χ0v) is 12.7. The molecule has 1 rings (SSSR count). The van der Waals surface area contributed by atoms with Crippen molar-refractivity contribution in [2.24, 2.45) is 0 Å². The lowest BCUT2D eigenvalue weighted by atomic mass is 10.1. The van der Waals surface area contributed by atoms with Gasteiger partial charge in [-0.05, 0) is 32.7 Å². The van der Waals surface area contributed by atoms with Gasteiger partial charge >= 0.3 is 5.97 Å². The van der Waals surface area contributed by atoms with Crippen molar-refractivity contribution < 1.29 is 14.3 Å². The molecule has 2 atom stereocenters. The topological polar surface area (TPSA) is 38.8 Å². The Balaban J connectivity index is 2.22. The van der Waals surface area contributed by atoms with Crippen molar-refractivity contribution in [3.05, 3.63) is 0 Å². The van der Waals surface area contributed by atoms with Crippen LogP contribution in [-0.4, -0.2) is 49.8 Å². The minimum Gasteiger partial charge on any atom is -0.469 e. The first-order valence-corrected chi connectivity index (χ1v) is 7.59. The van der Waals surface area contributed by atoms with E-state index < -0.39 is 0 Å². The Morgan fingerprint density at radius 2 is 2.26 bits per heavy atom. The first kappa shape index (κ1) is 16.4. The van der Waals surface area contributed by atoms with Gasteiger partial charge in [0.25, 0.3) is 0 Å². The Bertz CT molecular complexity index is 258. The lowest BCUT2D eigenvalue weighted by Gasteiger charge is -2.30. The normalized spacial score (nSPS) is 21.5. The Morgan fingerprint density at radius 3 is 2.95 bits per heavy atom. The van der Waals surface area contributed by atoms with Crippen LogP contribution in [0.1, 0.15) is 52.4 Å². The number of methoxy groups -OCH3 is 1. The van der Waals surface area contributed by atoms with Crippen molar-refractivity contribution in [1.82, 2.24) is 4.90 Å². The van der Waals surface area contributed by atoms with E-state index in [1.165, 1.54) is 45.8 Å². The van der Waals surface area contributed by atoms with Crippen molar-refractivity contribution in [2.75, 3.05) is 26.9 Å². The Labute approximate surface area is 117 Å². The van der Waals surface area contributed by atoms with Crippen LogP contribution < -0.4 is 0 Å². The molecule has 0 radical (unpaired) electrons. The minimum absolute atomic E-state index is 0.195. The molecule has 1 aliphatic heterocycles. The third-order valence-corrected chi connectivity index (χ3v) is 3.95. The van der Waals surface area contributed by atoms with Crippen LogP contribution in [0.15, 0.2) is 0 Å². The van der Waals surface area contributed by atoms with Gasteiger partial charge in [0, 0.05) is 12.1 Å². The fourth-order valence-electron chi connectivity index (χ4n) is 2.76. The molecule has 0 saturated carbocycles. The van der Waals surface area contributed by atoms with E-state index in [4.69, 9.17) is 4.74 Å². The number of likely N-dealkylation sites (tertiary alicyclic amines) is 1. The first-order valence-electron chi connectivity index (χ1n) is 7.59. The molecule has 0 N–H and O–H groups in total. The predicted molar refractivity (Wildman–Crippen MR) is 76.2 cm³/mol. The summed E-state index contributed by atoms with van der Waals surface area (Å²) in [5.41, 5.74) is 0. The fraction of sp³-hybridized carbons (Fsp3) is 0.933. The van der Waals surface area contributed by atoms with Gasteiger partial charge in [0.05, 0.1) is 26.7 Å². The van der Waals surface area contributed by atoms with Gasteiger partial charge in [-0.3, -0.25) is 9.69 Å². The lowest BCUT2D eigenvalue weighted by Crippen LogP contribution is -2.40. The molecule has 1 aliphatic rings. The number of unbranched alkanes of at least 4 members (excludes halogenated alkanes) is 1. The quantitative estimate of drug-likeness (QED) is 0.477. The molecular formula is C15H29NO3. The summed E-state index contributed by atoms with van der Waals surface area (Å²) in [6.07, 6.45) is 6.67. The van der Waals surface area contributed by atoms with E-state index in [1.54, 1.807) is 0 Å². The highest BCUT2D eigenvalue weighted by Gasteiger charge is 2.28. The number of rotatable bonds is 9. The summed E-state index contributed by atoms with van der Waals surface area (Å²) in [5.74, 6) is -0.195. The Hall–Kier alpha value is -0.610. The van der Waals surface area contributed by atoms with Crippen molar-refractivity contribution >= 4 is 5.97 Å². The van der Waals surface area contributed by atoms with E-state index in [9.17, 15) is 4.79 Å².